The molecular formula is C15H19NO2S. The summed E-state index contributed by atoms with van der Waals surface area (Å²) >= 11 is 1.53. The van der Waals surface area contributed by atoms with Crippen LogP contribution in [0.2, 0.25) is 0 Å². The lowest BCUT2D eigenvalue weighted by Gasteiger charge is -2.07. The van der Waals surface area contributed by atoms with Crippen molar-refractivity contribution in [2.24, 2.45) is 0 Å². The SMILES string of the molecule is CCCc1c(C(=O)NCC(C)O)sc2ccccc12. The van der Waals surface area contributed by atoms with Crippen molar-refractivity contribution in [2.75, 3.05) is 6.54 Å². The second kappa shape index (κ2) is 6.17. The lowest BCUT2D eigenvalue weighted by atomic mass is 10.1. The van der Waals surface area contributed by atoms with Crippen LogP contribution in [0.5, 0.6) is 0 Å². The first kappa shape index (κ1) is 14.0. The molecule has 1 atom stereocenters. The zero-order valence-corrected chi connectivity index (χ0v) is 12.1. The summed E-state index contributed by atoms with van der Waals surface area (Å²) in [4.78, 5) is 13.0. The van der Waals surface area contributed by atoms with Crippen LogP contribution in [0, 0.1) is 0 Å². The summed E-state index contributed by atoms with van der Waals surface area (Å²) in [5.41, 5.74) is 1.13. The van der Waals surface area contributed by atoms with Gasteiger partial charge < -0.3 is 10.4 Å². The molecule has 19 heavy (non-hydrogen) atoms. The molecule has 2 rings (SSSR count). The summed E-state index contributed by atoms with van der Waals surface area (Å²) in [6.45, 7) is 4.07. The Morgan fingerprint density at radius 2 is 2.16 bits per heavy atom. The Labute approximate surface area is 117 Å². The number of benzene rings is 1. The fourth-order valence-electron chi connectivity index (χ4n) is 2.10. The highest BCUT2D eigenvalue weighted by Crippen LogP contribution is 2.32. The number of thiophene rings is 1. The molecule has 1 heterocycles. The van der Waals surface area contributed by atoms with E-state index in [0.717, 1.165) is 28.0 Å². The van der Waals surface area contributed by atoms with E-state index in [-0.39, 0.29) is 5.91 Å². The van der Waals surface area contributed by atoms with Crippen LogP contribution in [0.15, 0.2) is 24.3 Å². The molecular weight excluding hydrogens is 258 g/mol. The number of amides is 1. The van der Waals surface area contributed by atoms with Crippen molar-refractivity contribution >= 4 is 27.3 Å². The van der Waals surface area contributed by atoms with Crippen molar-refractivity contribution in [3.8, 4) is 0 Å². The van der Waals surface area contributed by atoms with Gasteiger partial charge in [0.15, 0.2) is 0 Å². The van der Waals surface area contributed by atoms with Crippen LogP contribution in [0.3, 0.4) is 0 Å². The van der Waals surface area contributed by atoms with Gasteiger partial charge in [-0.25, -0.2) is 0 Å². The summed E-state index contributed by atoms with van der Waals surface area (Å²) < 4.78 is 1.15. The first-order valence-electron chi connectivity index (χ1n) is 6.60. The summed E-state index contributed by atoms with van der Waals surface area (Å²) in [5.74, 6) is -0.0782. The smallest absolute Gasteiger partial charge is 0.261 e. The second-order valence-electron chi connectivity index (χ2n) is 4.71. The van der Waals surface area contributed by atoms with Crippen LogP contribution < -0.4 is 5.32 Å². The monoisotopic (exact) mass is 277 g/mol. The molecule has 4 heteroatoms. The third-order valence-electron chi connectivity index (χ3n) is 2.96. The normalized spacial score (nSPS) is 12.6. The number of rotatable bonds is 5. The molecule has 0 aliphatic carbocycles. The van der Waals surface area contributed by atoms with E-state index < -0.39 is 6.10 Å². The highest BCUT2D eigenvalue weighted by molar-refractivity contribution is 7.21. The van der Waals surface area contributed by atoms with Crippen LogP contribution in [-0.2, 0) is 6.42 Å². The van der Waals surface area contributed by atoms with Crippen molar-refractivity contribution in [1.82, 2.24) is 5.32 Å². The van der Waals surface area contributed by atoms with Gasteiger partial charge in [0.25, 0.3) is 5.91 Å². The number of carbonyl (C=O) groups is 1. The van der Waals surface area contributed by atoms with E-state index in [0.29, 0.717) is 6.54 Å². The Bertz CT molecular complexity index is 575. The summed E-state index contributed by atoms with van der Waals surface area (Å²) in [6.07, 6.45) is 1.40. The maximum atomic E-state index is 12.2. The Morgan fingerprint density at radius 3 is 2.84 bits per heavy atom. The number of nitrogens with one attached hydrogen (secondary N) is 1. The maximum absolute atomic E-state index is 12.2. The van der Waals surface area contributed by atoms with Gasteiger partial charge in [0.1, 0.15) is 0 Å². The lowest BCUT2D eigenvalue weighted by molar-refractivity contribution is 0.0927. The van der Waals surface area contributed by atoms with Gasteiger partial charge in [-0.3, -0.25) is 4.79 Å². The molecule has 0 radical (unpaired) electrons. The van der Waals surface area contributed by atoms with Crippen LogP contribution in [-0.4, -0.2) is 23.7 Å². The predicted molar refractivity (Wildman–Crippen MR) is 79.8 cm³/mol. The van der Waals surface area contributed by atoms with E-state index in [1.54, 1.807) is 6.92 Å². The summed E-state index contributed by atoms with van der Waals surface area (Å²) in [5, 5.41) is 13.2. The third kappa shape index (κ3) is 3.14. The largest absolute Gasteiger partial charge is 0.392 e. The molecule has 102 valence electrons. The zero-order valence-electron chi connectivity index (χ0n) is 11.3. The van der Waals surface area contributed by atoms with Crippen molar-refractivity contribution in [3.63, 3.8) is 0 Å². The number of carbonyl (C=O) groups excluding carboxylic acids is 1. The van der Waals surface area contributed by atoms with Crippen molar-refractivity contribution in [3.05, 3.63) is 34.7 Å². The average molecular weight is 277 g/mol. The van der Waals surface area contributed by atoms with Gasteiger partial charge in [-0.1, -0.05) is 31.5 Å². The first-order chi connectivity index (χ1) is 9.13. The molecule has 1 amide bonds. The van der Waals surface area contributed by atoms with Gasteiger partial charge in [0.2, 0.25) is 0 Å². The molecule has 0 saturated heterocycles. The van der Waals surface area contributed by atoms with Crippen LogP contribution in [0.1, 0.15) is 35.5 Å². The quantitative estimate of drug-likeness (QED) is 0.882. The van der Waals surface area contributed by atoms with Crippen LogP contribution >= 0.6 is 11.3 Å². The maximum Gasteiger partial charge on any atom is 0.261 e. The topological polar surface area (TPSA) is 49.3 Å². The summed E-state index contributed by atoms with van der Waals surface area (Å²) in [7, 11) is 0. The Hall–Kier alpha value is -1.39. The van der Waals surface area contributed by atoms with Crippen molar-refractivity contribution in [1.29, 1.82) is 0 Å². The third-order valence-corrected chi connectivity index (χ3v) is 4.17. The lowest BCUT2D eigenvalue weighted by Crippen LogP contribution is -2.30. The molecule has 2 N–H and O–H groups in total. The number of aliphatic hydroxyl groups excluding tert-OH is 1. The molecule has 1 aromatic carbocycles. The van der Waals surface area contributed by atoms with E-state index in [1.807, 2.05) is 18.2 Å². The minimum absolute atomic E-state index is 0.0782. The molecule has 0 aliphatic heterocycles. The van der Waals surface area contributed by atoms with Crippen LogP contribution in [0.25, 0.3) is 10.1 Å². The van der Waals surface area contributed by atoms with Crippen LogP contribution in [0.4, 0.5) is 0 Å². The molecule has 1 aromatic heterocycles. The van der Waals surface area contributed by atoms with Gasteiger partial charge in [-0.15, -0.1) is 11.3 Å². The highest BCUT2D eigenvalue weighted by Gasteiger charge is 2.17. The first-order valence-corrected chi connectivity index (χ1v) is 7.41. The fraction of sp³-hybridized carbons (Fsp3) is 0.400. The number of hydrogen-bond acceptors (Lipinski definition) is 3. The molecule has 0 spiro atoms. The molecule has 0 bridgehead atoms. The predicted octanol–water partition coefficient (Wildman–Crippen LogP) is 2.96. The van der Waals surface area contributed by atoms with Gasteiger partial charge in [-0.2, -0.15) is 0 Å². The Morgan fingerprint density at radius 1 is 1.42 bits per heavy atom. The molecule has 0 aliphatic rings. The van der Waals surface area contributed by atoms with E-state index in [2.05, 4.69) is 18.3 Å². The zero-order chi connectivity index (χ0) is 13.8. The van der Waals surface area contributed by atoms with Gasteiger partial charge in [-0.05, 0) is 30.4 Å². The number of aryl methyl sites for hydroxylation is 1. The molecule has 0 fully saturated rings. The van der Waals surface area contributed by atoms with Gasteiger partial charge in [0, 0.05) is 11.2 Å². The second-order valence-corrected chi connectivity index (χ2v) is 5.77. The summed E-state index contributed by atoms with van der Waals surface area (Å²) in [6, 6.07) is 8.12. The van der Waals surface area contributed by atoms with E-state index in [4.69, 9.17) is 0 Å². The minimum Gasteiger partial charge on any atom is -0.392 e. The molecule has 0 saturated carbocycles. The highest BCUT2D eigenvalue weighted by atomic mass is 32.1. The van der Waals surface area contributed by atoms with Crippen molar-refractivity contribution < 1.29 is 9.90 Å². The van der Waals surface area contributed by atoms with E-state index in [1.165, 1.54) is 16.7 Å². The number of aliphatic hydroxyl groups is 1. The molecule has 3 nitrogen and oxygen atoms in total. The van der Waals surface area contributed by atoms with Gasteiger partial charge in [0.05, 0.1) is 11.0 Å². The van der Waals surface area contributed by atoms with E-state index >= 15 is 0 Å². The minimum atomic E-state index is -0.520. The van der Waals surface area contributed by atoms with E-state index in [9.17, 15) is 9.90 Å². The number of hydrogen-bond donors (Lipinski definition) is 2. The number of fused-ring (bicyclic) bond motifs is 1. The molecule has 1 unspecified atom stereocenters. The van der Waals surface area contributed by atoms with Crippen molar-refractivity contribution in [2.45, 2.75) is 32.8 Å². The average Bonchev–Trinajstić information content (AvgIpc) is 2.76. The van der Waals surface area contributed by atoms with Gasteiger partial charge >= 0.3 is 0 Å². The Balaban J connectivity index is 2.35. The standard InChI is InChI=1S/C15H19NO2S/c1-3-6-12-11-7-4-5-8-13(11)19-14(12)15(18)16-9-10(2)17/h4-5,7-8,10,17H,3,6,9H2,1-2H3,(H,16,18). The molecule has 2 aromatic rings. The Kier molecular flexibility index (Phi) is 4.56. The fourth-order valence-corrected chi connectivity index (χ4v) is 3.27.